The molecule has 1 saturated carbocycles. The normalized spacial score (nSPS) is 24.8. The van der Waals surface area contributed by atoms with Gasteiger partial charge in [-0.05, 0) is 54.7 Å². The van der Waals surface area contributed by atoms with E-state index in [2.05, 4.69) is 27.7 Å². The number of ether oxygens (including phenoxy) is 1. The van der Waals surface area contributed by atoms with Gasteiger partial charge in [0.2, 0.25) is 0 Å². The van der Waals surface area contributed by atoms with Crippen LogP contribution in [0.3, 0.4) is 0 Å². The molecule has 0 aliphatic heterocycles. The highest BCUT2D eigenvalue weighted by Gasteiger charge is 2.32. The lowest BCUT2D eigenvalue weighted by atomic mass is 9.71. The number of nitrogens with two attached hydrogens (primary N) is 1. The van der Waals surface area contributed by atoms with E-state index >= 15 is 0 Å². The second-order valence-electron chi connectivity index (χ2n) is 7.40. The molecule has 21 heavy (non-hydrogen) atoms. The zero-order valence-corrected chi connectivity index (χ0v) is 13.7. The van der Waals surface area contributed by atoms with Gasteiger partial charge in [-0.3, -0.25) is 5.41 Å². The van der Waals surface area contributed by atoms with Gasteiger partial charge in [-0.2, -0.15) is 0 Å². The van der Waals surface area contributed by atoms with Gasteiger partial charge in [0.1, 0.15) is 5.84 Å². The third-order valence-electron chi connectivity index (χ3n) is 4.47. The quantitative estimate of drug-likeness (QED) is 0.649. The average molecular weight is 288 g/mol. The second kappa shape index (κ2) is 6.18. The van der Waals surface area contributed by atoms with Gasteiger partial charge in [0.25, 0.3) is 0 Å². The Labute approximate surface area is 128 Å². The summed E-state index contributed by atoms with van der Waals surface area (Å²) in [6.07, 6.45) is 3.95. The van der Waals surface area contributed by atoms with E-state index in [1.54, 1.807) is 0 Å². The largest absolute Gasteiger partial charge is 0.384 e. The maximum Gasteiger partial charge on any atom is 0.122 e. The maximum atomic E-state index is 7.48. The monoisotopic (exact) mass is 288 g/mol. The predicted octanol–water partition coefficient (Wildman–Crippen LogP) is 4.01. The Bertz CT molecular complexity index is 522. The van der Waals surface area contributed by atoms with Crippen molar-refractivity contribution in [3.05, 3.63) is 34.9 Å². The Morgan fingerprint density at radius 1 is 1.38 bits per heavy atom. The van der Waals surface area contributed by atoms with Crippen LogP contribution in [-0.2, 0) is 11.3 Å². The van der Waals surface area contributed by atoms with E-state index < -0.39 is 0 Å². The van der Waals surface area contributed by atoms with E-state index in [1.807, 2.05) is 18.2 Å². The van der Waals surface area contributed by atoms with Crippen molar-refractivity contribution in [1.82, 2.24) is 0 Å². The Morgan fingerprint density at radius 3 is 2.67 bits per heavy atom. The van der Waals surface area contributed by atoms with E-state index in [9.17, 15) is 0 Å². The lowest BCUT2D eigenvalue weighted by Crippen LogP contribution is -2.32. The van der Waals surface area contributed by atoms with E-state index in [0.717, 1.165) is 29.9 Å². The molecule has 0 amide bonds. The Hall–Kier alpha value is -1.35. The minimum absolute atomic E-state index is 0.119. The molecule has 3 N–H and O–H groups in total. The van der Waals surface area contributed by atoms with E-state index in [0.29, 0.717) is 18.1 Å². The highest BCUT2D eigenvalue weighted by molar-refractivity contribution is 5.95. The predicted molar refractivity (Wildman–Crippen MR) is 87.6 cm³/mol. The Balaban J connectivity index is 1.98. The van der Waals surface area contributed by atoms with Gasteiger partial charge in [0.05, 0.1) is 12.7 Å². The molecule has 2 atom stereocenters. The van der Waals surface area contributed by atoms with Crippen LogP contribution in [0.5, 0.6) is 0 Å². The maximum absolute atomic E-state index is 7.48. The van der Waals surface area contributed by atoms with Crippen molar-refractivity contribution in [2.24, 2.45) is 17.1 Å². The summed E-state index contributed by atoms with van der Waals surface area (Å²) in [7, 11) is 0. The minimum Gasteiger partial charge on any atom is -0.384 e. The molecule has 0 spiro atoms. The van der Waals surface area contributed by atoms with Crippen molar-refractivity contribution in [3.8, 4) is 0 Å². The summed E-state index contributed by atoms with van der Waals surface area (Å²) in [6, 6.07) is 5.90. The molecule has 1 fully saturated rings. The summed E-state index contributed by atoms with van der Waals surface area (Å²) >= 11 is 0. The molecule has 2 rings (SSSR count). The van der Waals surface area contributed by atoms with Crippen LogP contribution in [0, 0.1) is 23.7 Å². The first kappa shape index (κ1) is 16.0. The Kier molecular flexibility index (Phi) is 4.72. The first-order valence-electron chi connectivity index (χ1n) is 7.82. The standard InChI is InChI=1S/C18H28N2O/c1-12-7-16(10-18(3,4)9-12)21-11-15-6-5-14(17(19)20)8-13(15)2/h5-6,8,12,16H,7,9-11H2,1-4H3,(H3,19,20). The molecule has 3 nitrogen and oxygen atoms in total. The van der Waals surface area contributed by atoms with Crippen molar-refractivity contribution >= 4 is 5.84 Å². The van der Waals surface area contributed by atoms with Gasteiger partial charge in [-0.1, -0.05) is 32.9 Å². The highest BCUT2D eigenvalue weighted by Crippen LogP contribution is 2.39. The number of aryl methyl sites for hydroxylation is 1. The second-order valence-corrected chi connectivity index (χ2v) is 7.40. The van der Waals surface area contributed by atoms with Crippen LogP contribution in [0.15, 0.2) is 18.2 Å². The third-order valence-corrected chi connectivity index (χ3v) is 4.47. The van der Waals surface area contributed by atoms with Gasteiger partial charge >= 0.3 is 0 Å². The van der Waals surface area contributed by atoms with E-state index in [1.165, 1.54) is 12.0 Å². The Morgan fingerprint density at radius 2 is 2.10 bits per heavy atom. The van der Waals surface area contributed by atoms with Crippen LogP contribution in [0.4, 0.5) is 0 Å². The molecule has 0 heterocycles. The van der Waals surface area contributed by atoms with Crippen molar-refractivity contribution < 1.29 is 4.74 Å². The number of hydrogen-bond acceptors (Lipinski definition) is 2. The molecule has 0 aromatic heterocycles. The summed E-state index contributed by atoms with van der Waals surface area (Å²) < 4.78 is 6.17. The summed E-state index contributed by atoms with van der Waals surface area (Å²) in [5, 5.41) is 7.48. The average Bonchev–Trinajstić information content (AvgIpc) is 2.34. The number of benzene rings is 1. The smallest absolute Gasteiger partial charge is 0.122 e. The number of rotatable bonds is 4. The fraction of sp³-hybridized carbons (Fsp3) is 0.611. The van der Waals surface area contributed by atoms with Crippen LogP contribution >= 0.6 is 0 Å². The first-order chi connectivity index (χ1) is 9.77. The molecule has 1 aliphatic carbocycles. The fourth-order valence-electron chi connectivity index (χ4n) is 3.62. The first-order valence-corrected chi connectivity index (χ1v) is 7.82. The van der Waals surface area contributed by atoms with Crippen LogP contribution in [0.1, 0.15) is 56.7 Å². The number of hydrogen-bond donors (Lipinski definition) is 2. The molecule has 0 radical (unpaired) electrons. The summed E-state index contributed by atoms with van der Waals surface area (Å²) in [4.78, 5) is 0. The summed E-state index contributed by atoms with van der Waals surface area (Å²) in [5.41, 5.74) is 9.02. The van der Waals surface area contributed by atoms with Gasteiger partial charge in [-0.15, -0.1) is 0 Å². The van der Waals surface area contributed by atoms with Crippen molar-refractivity contribution in [1.29, 1.82) is 5.41 Å². The van der Waals surface area contributed by atoms with Crippen molar-refractivity contribution in [2.75, 3.05) is 0 Å². The molecular formula is C18H28N2O. The van der Waals surface area contributed by atoms with Gasteiger partial charge in [-0.25, -0.2) is 0 Å². The molecule has 2 unspecified atom stereocenters. The molecule has 3 heteroatoms. The zero-order valence-electron chi connectivity index (χ0n) is 13.7. The number of amidine groups is 1. The molecule has 0 saturated heterocycles. The molecule has 1 aliphatic rings. The highest BCUT2D eigenvalue weighted by atomic mass is 16.5. The third kappa shape index (κ3) is 4.31. The van der Waals surface area contributed by atoms with E-state index in [4.69, 9.17) is 15.9 Å². The van der Waals surface area contributed by atoms with Crippen molar-refractivity contribution in [2.45, 2.75) is 59.7 Å². The fourth-order valence-corrected chi connectivity index (χ4v) is 3.62. The lowest BCUT2D eigenvalue weighted by Gasteiger charge is -2.38. The van der Waals surface area contributed by atoms with Crippen LogP contribution in [-0.4, -0.2) is 11.9 Å². The molecule has 116 valence electrons. The molecular weight excluding hydrogens is 260 g/mol. The van der Waals surface area contributed by atoms with Gasteiger partial charge < -0.3 is 10.5 Å². The topological polar surface area (TPSA) is 59.1 Å². The van der Waals surface area contributed by atoms with Crippen LogP contribution in [0.2, 0.25) is 0 Å². The van der Waals surface area contributed by atoms with Crippen LogP contribution in [0.25, 0.3) is 0 Å². The SMILES string of the molecule is Cc1cc(C(=N)N)ccc1COC1CC(C)CC(C)(C)C1. The number of nitrogens with one attached hydrogen (secondary N) is 1. The van der Waals surface area contributed by atoms with Gasteiger partial charge in [0, 0.05) is 5.56 Å². The summed E-state index contributed by atoms with van der Waals surface area (Å²) in [5.74, 6) is 0.855. The van der Waals surface area contributed by atoms with E-state index in [-0.39, 0.29) is 5.84 Å². The number of nitrogen functional groups attached to an aromatic ring is 1. The molecule has 1 aromatic carbocycles. The minimum atomic E-state index is 0.119. The van der Waals surface area contributed by atoms with Crippen molar-refractivity contribution in [3.63, 3.8) is 0 Å². The molecule has 0 bridgehead atoms. The van der Waals surface area contributed by atoms with Crippen LogP contribution < -0.4 is 5.73 Å². The van der Waals surface area contributed by atoms with Gasteiger partial charge in [0.15, 0.2) is 0 Å². The zero-order chi connectivity index (χ0) is 15.6. The lowest BCUT2D eigenvalue weighted by molar-refractivity contribution is -0.0317. The summed E-state index contributed by atoms with van der Waals surface area (Å²) in [6.45, 7) is 9.71. The molecule has 1 aromatic rings.